The lowest BCUT2D eigenvalue weighted by atomic mass is 10.2. The summed E-state index contributed by atoms with van der Waals surface area (Å²) in [6.07, 6.45) is 0.941. The highest BCUT2D eigenvalue weighted by Crippen LogP contribution is 2.26. The van der Waals surface area contributed by atoms with Gasteiger partial charge in [-0.15, -0.1) is 0 Å². The first-order chi connectivity index (χ1) is 10.3. The van der Waals surface area contributed by atoms with Crippen LogP contribution in [0.4, 0.5) is 0 Å². The zero-order chi connectivity index (χ0) is 14.9. The molecule has 2 rings (SSSR count). The van der Waals surface area contributed by atoms with Gasteiger partial charge in [-0.2, -0.15) is 11.3 Å². The fraction of sp³-hybridized carbons (Fsp3) is 0.375. The SMILES string of the molecule is COCCNCc1ccc(OCCc2ccsc2)c(Br)c1. The van der Waals surface area contributed by atoms with Crippen molar-refractivity contribution in [1.82, 2.24) is 5.32 Å². The van der Waals surface area contributed by atoms with Crippen LogP contribution in [0.5, 0.6) is 5.75 Å². The molecule has 0 saturated heterocycles. The average molecular weight is 370 g/mol. The number of thiophene rings is 1. The van der Waals surface area contributed by atoms with Gasteiger partial charge in [-0.1, -0.05) is 6.07 Å². The number of halogens is 1. The van der Waals surface area contributed by atoms with Gasteiger partial charge >= 0.3 is 0 Å². The molecule has 1 aromatic carbocycles. The molecule has 1 N–H and O–H groups in total. The zero-order valence-electron chi connectivity index (χ0n) is 12.1. The average Bonchev–Trinajstić information content (AvgIpc) is 2.99. The Morgan fingerprint density at radius 3 is 2.81 bits per heavy atom. The molecule has 5 heteroatoms. The highest BCUT2D eigenvalue weighted by atomic mass is 79.9. The summed E-state index contributed by atoms with van der Waals surface area (Å²) in [6.45, 7) is 3.11. The monoisotopic (exact) mass is 369 g/mol. The highest BCUT2D eigenvalue weighted by molar-refractivity contribution is 9.10. The third-order valence-electron chi connectivity index (χ3n) is 3.04. The van der Waals surface area contributed by atoms with E-state index >= 15 is 0 Å². The number of rotatable bonds is 9. The van der Waals surface area contributed by atoms with Crippen molar-refractivity contribution in [2.75, 3.05) is 26.9 Å². The summed E-state index contributed by atoms with van der Waals surface area (Å²) in [5, 5.41) is 7.58. The Bertz CT molecular complexity index is 531. The Hall–Kier alpha value is -0.880. The Morgan fingerprint density at radius 2 is 2.10 bits per heavy atom. The number of methoxy groups -OCH3 is 1. The summed E-state index contributed by atoms with van der Waals surface area (Å²) in [5.74, 6) is 0.894. The van der Waals surface area contributed by atoms with Crippen LogP contribution in [0.2, 0.25) is 0 Å². The molecular weight excluding hydrogens is 350 g/mol. The normalized spacial score (nSPS) is 10.8. The Kier molecular flexibility index (Phi) is 7.23. The Morgan fingerprint density at radius 1 is 1.19 bits per heavy atom. The summed E-state index contributed by atoms with van der Waals surface area (Å²) in [6, 6.07) is 8.34. The molecule has 21 heavy (non-hydrogen) atoms. The molecule has 114 valence electrons. The second-order valence-corrected chi connectivity index (χ2v) is 6.30. The van der Waals surface area contributed by atoms with Gasteiger partial charge in [0.25, 0.3) is 0 Å². The molecular formula is C16H20BrNO2S. The van der Waals surface area contributed by atoms with E-state index in [1.165, 1.54) is 11.1 Å². The number of hydrogen-bond acceptors (Lipinski definition) is 4. The van der Waals surface area contributed by atoms with E-state index < -0.39 is 0 Å². The predicted molar refractivity (Wildman–Crippen MR) is 91.2 cm³/mol. The molecule has 0 aliphatic heterocycles. The number of nitrogens with one attached hydrogen (secondary N) is 1. The molecule has 0 unspecified atom stereocenters. The molecule has 0 atom stereocenters. The summed E-state index contributed by atoms with van der Waals surface area (Å²) < 4.78 is 11.8. The van der Waals surface area contributed by atoms with Crippen LogP contribution < -0.4 is 10.1 Å². The van der Waals surface area contributed by atoms with Gasteiger partial charge < -0.3 is 14.8 Å². The maximum Gasteiger partial charge on any atom is 0.133 e. The minimum absolute atomic E-state index is 0.695. The molecule has 2 aromatic rings. The quantitative estimate of drug-likeness (QED) is 0.680. The van der Waals surface area contributed by atoms with Crippen LogP contribution in [0.3, 0.4) is 0 Å². The maximum absolute atomic E-state index is 5.83. The minimum Gasteiger partial charge on any atom is -0.492 e. The van der Waals surface area contributed by atoms with Gasteiger partial charge in [-0.3, -0.25) is 0 Å². The molecule has 0 radical (unpaired) electrons. The lowest BCUT2D eigenvalue weighted by Crippen LogP contribution is -2.18. The molecule has 0 bridgehead atoms. The van der Waals surface area contributed by atoms with E-state index in [1.807, 2.05) is 6.07 Å². The standard InChI is InChI=1S/C16H20BrNO2S/c1-19-8-6-18-11-14-2-3-16(15(17)10-14)20-7-4-13-5-9-21-12-13/h2-3,5,9-10,12,18H,4,6-8,11H2,1H3. The zero-order valence-corrected chi connectivity index (χ0v) is 14.5. The molecule has 0 amide bonds. The minimum atomic E-state index is 0.695. The summed E-state index contributed by atoms with van der Waals surface area (Å²) in [7, 11) is 1.71. The third kappa shape index (κ3) is 5.79. The third-order valence-corrected chi connectivity index (χ3v) is 4.39. The summed E-state index contributed by atoms with van der Waals surface area (Å²) in [5.41, 5.74) is 2.55. The van der Waals surface area contributed by atoms with E-state index in [0.29, 0.717) is 6.61 Å². The summed E-state index contributed by atoms with van der Waals surface area (Å²) >= 11 is 5.29. The molecule has 0 fully saturated rings. The topological polar surface area (TPSA) is 30.5 Å². The van der Waals surface area contributed by atoms with E-state index in [9.17, 15) is 0 Å². The van der Waals surface area contributed by atoms with Crippen molar-refractivity contribution in [3.63, 3.8) is 0 Å². The molecule has 0 spiro atoms. The van der Waals surface area contributed by atoms with Gasteiger partial charge in [0.2, 0.25) is 0 Å². The fourth-order valence-corrected chi connectivity index (χ4v) is 3.14. The van der Waals surface area contributed by atoms with E-state index in [2.05, 4.69) is 50.2 Å². The van der Waals surface area contributed by atoms with Crippen molar-refractivity contribution in [1.29, 1.82) is 0 Å². The van der Waals surface area contributed by atoms with Crippen molar-refractivity contribution in [3.05, 3.63) is 50.6 Å². The van der Waals surface area contributed by atoms with Gasteiger partial charge in [-0.05, 0) is 56.0 Å². The van der Waals surface area contributed by atoms with Gasteiger partial charge in [0.1, 0.15) is 5.75 Å². The van der Waals surface area contributed by atoms with Crippen LogP contribution >= 0.6 is 27.3 Å². The van der Waals surface area contributed by atoms with Crippen LogP contribution in [0, 0.1) is 0 Å². The molecule has 1 aromatic heterocycles. The Labute approximate surface area is 138 Å². The van der Waals surface area contributed by atoms with Crippen molar-refractivity contribution in [2.45, 2.75) is 13.0 Å². The van der Waals surface area contributed by atoms with E-state index in [1.54, 1.807) is 18.4 Å². The highest BCUT2D eigenvalue weighted by Gasteiger charge is 2.03. The lowest BCUT2D eigenvalue weighted by Gasteiger charge is -2.10. The first-order valence-corrected chi connectivity index (χ1v) is 8.65. The number of hydrogen-bond donors (Lipinski definition) is 1. The van der Waals surface area contributed by atoms with Crippen molar-refractivity contribution in [3.8, 4) is 5.75 Å². The van der Waals surface area contributed by atoms with Crippen LogP contribution in [-0.4, -0.2) is 26.9 Å². The van der Waals surface area contributed by atoms with Crippen LogP contribution in [-0.2, 0) is 17.7 Å². The lowest BCUT2D eigenvalue weighted by molar-refractivity contribution is 0.199. The molecule has 0 aliphatic rings. The largest absolute Gasteiger partial charge is 0.492 e. The van der Waals surface area contributed by atoms with Crippen molar-refractivity contribution < 1.29 is 9.47 Å². The number of ether oxygens (including phenoxy) is 2. The first-order valence-electron chi connectivity index (χ1n) is 6.91. The van der Waals surface area contributed by atoms with E-state index in [0.717, 1.165) is 36.3 Å². The van der Waals surface area contributed by atoms with Gasteiger partial charge in [0, 0.05) is 26.6 Å². The molecule has 1 heterocycles. The van der Waals surface area contributed by atoms with Crippen LogP contribution in [0.1, 0.15) is 11.1 Å². The van der Waals surface area contributed by atoms with Gasteiger partial charge in [0.05, 0.1) is 17.7 Å². The predicted octanol–water partition coefficient (Wildman–Crippen LogP) is 3.87. The second-order valence-electron chi connectivity index (χ2n) is 4.66. The van der Waals surface area contributed by atoms with Crippen molar-refractivity contribution in [2.24, 2.45) is 0 Å². The molecule has 0 saturated carbocycles. The van der Waals surface area contributed by atoms with E-state index in [4.69, 9.17) is 9.47 Å². The first kappa shape index (κ1) is 16.5. The summed E-state index contributed by atoms with van der Waals surface area (Å²) in [4.78, 5) is 0. The fourth-order valence-electron chi connectivity index (χ4n) is 1.89. The Balaban J connectivity index is 1.78. The van der Waals surface area contributed by atoms with Gasteiger partial charge in [-0.25, -0.2) is 0 Å². The second kappa shape index (κ2) is 9.20. The number of benzene rings is 1. The van der Waals surface area contributed by atoms with E-state index in [-0.39, 0.29) is 0 Å². The van der Waals surface area contributed by atoms with Gasteiger partial charge in [0.15, 0.2) is 0 Å². The maximum atomic E-state index is 5.83. The molecule has 0 aliphatic carbocycles. The van der Waals surface area contributed by atoms with Crippen LogP contribution in [0.25, 0.3) is 0 Å². The molecule has 3 nitrogen and oxygen atoms in total. The van der Waals surface area contributed by atoms with Crippen molar-refractivity contribution >= 4 is 27.3 Å². The van der Waals surface area contributed by atoms with Crippen LogP contribution in [0.15, 0.2) is 39.5 Å². The smallest absolute Gasteiger partial charge is 0.133 e.